The predicted molar refractivity (Wildman–Crippen MR) is 69.1 cm³/mol. The van der Waals surface area contributed by atoms with Gasteiger partial charge in [-0.1, -0.05) is 0 Å². The van der Waals surface area contributed by atoms with Gasteiger partial charge in [-0.25, -0.2) is 0 Å². The molecule has 1 heterocycles. The van der Waals surface area contributed by atoms with E-state index < -0.39 is 0 Å². The molecule has 1 atom stereocenters. The van der Waals surface area contributed by atoms with Gasteiger partial charge in [0.25, 0.3) is 0 Å². The Bertz CT molecular complexity index is 292. The van der Waals surface area contributed by atoms with Crippen molar-refractivity contribution < 1.29 is 14.3 Å². The van der Waals surface area contributed by atoms with Crippen LogP contribution in [0.25, 0.3) is 0 Å². The van der Waals surface area contributed by atoms with Gasteiger partial charge in [0.05, 0.1) is 19.2 Å². The van der Waals surface area contributed by atoms with Crippen LogP contribution < -0.4 is 5.32 Å². The van der Waals surface area contributed by atoms with E-state index in [-0.39, 0.29) is 30.5 Å². The van der Waals surface area contributed by atoms with Crippen LogP contribution in [-0.4, -0.2) is 48.6 Å². The number of ether oxygens (including phenoxy) is 1. The van der Waals surface area contributed by atoms with Crippen LogP contribution in [0.4, 0.5) is 0 Å². The molecular weight excluding hydrogens is 232 g/mol. The molecule has 104 valence electrons. The van der Waals surface area contributed by atoms with Gasteiger partial charge in [0.15, 0.2) is 0 Å². The highest BCUT2D eigenvalue weighted by Crippen LogP contribution is 2.15. The zero-order valence-corrected chi connectivity index (χ0v) is 11.6. The topological polar surface area (TPSA) is 58.6 Å². The summed E-state index contributed by atoms with van der Waals surface area (Å²) in [6, 6.07) is -0.0693. The maximum Gasteiger partial charge on any atom is 0.320 e. The monoisotopic (exact) mass is 256 g/mol. The van der Waals surface area contributed by atoms with Crippen LogP contribution in [0.2, 0.25) is 0 Å². The van der Waals surface area contributed by atoms with E-state index in [9.17, 15) is 9.59 Å². The first-order chi connectivity index (χ1) is 8.56. The molecule has 1 aliphatic heterocycles. The van der Waals surface area contributed by atoms with Crippen molar-refractivity contribution in [3.8, 4) is 0 Å². The summed E-state index contributed by atoms with van der Waals surface area (Å²) in [6.07, 6.45) is 2.83. The third-order valence-electron chi connectivity index (χ3n) is 3.19. The van der Waals surface area contributed by atoms with Crippen molar-refractivity contribution in [2.45, 2.75) is 52.1 Å². The van der Waals surface area contributed by atoms with E-state index in [0.717, 1.165) is 25.8 Å². The van der Waals surface area contributed by atoms with E-state index in [1.165, 1.54) is 0 Å². The third kappa shape index (κ3) is 4.29. The maximum atomic E-state index is 12.0. The molecule has 1 amide bonds. The largest absolute Gasteiger partial charge is 0.465 e. The van der Waals surface area contributed by atoms with E-state index in [1.54, 1.807) is 6.92 Å². The number of carbonyl (C=O) groups excluding carboxylic acids is 2. The Hall–Kier alpha value is -1.10. The minimum Gasteiger partial charge on any atom is -0.465 e. The molecule has 0 aromatic heterocycles. The summed E-state index contributed by atoms with van der Waals surface area (Å²) in [4.78, 5) is 25.5. The second kappa shape index (κ2) is 7.36. The number of nitrogens with one attached hydrogen (secondary N) is 1. The molecule has 1 saturated heterocycles. The third-order valence-corrected chi connectivity index (χ3v) is 3.19. The quantitative estimate of drug-likeness (QED) is 0.743. The van der Waals surface area contributed by atoms with E-state index >= 15 is 0 Å². The fourth-order valence-electron chi connectivity index (χ4n) is 2.25. The molecule has 5 nitrogen and oxygen atoms in total. The van der Waals surface area contributed by atoms with Gasteiger partial charge in [-0.2, -0.15) is 0 Å². The van der Waals surface area contributed by atoms with Gasteiger partial charge >= 0.3 is 5.97 Å². The minimum absolute atomic E-state index is 0.0329. The molecule has 1 fully saturated rings. The summed E-state index contributed by atoms with van der Waals surface area (Å²) in [5.41, 5.74) is 0. The molecule has 0 saturated carbocycles. The fourth-order valence-corrected chi connectivity index (χ4v) is 2.25. The van der Waals surface area contributed by atoms with Crippen molar-refractivity contribution in [3.05, 3.63) is 0 Å². The predicted octanol–water partition coefficient (Wildman–Crippen LogP) is 0.929. The van der Waals surface area contributed by atoms with E-state index in [0.29, 0.717) is 6.61 Å². The number of hydrogen-bond donors (Lipinski definition) is 1. The average Bonchev–Trinajstić information content (AvgIpc) is 2.51. The zero-order valence-electron chi connectivity index (χ0n) is 11.6. The van der Waals surface area contributed by atoms with Gasteiger partial charge in [-0.15, -0.1) is 0 Å². The Kier molecular flexibility index (Phi) is 6.12. The maximum absolute atomic E-state index is 12.0. The van der Waals surface area contributed by atoms with Crippen molar-refractivity contribution in [2.75, 3.05) is 19.7 Å². The number of hydrogen-bond acceptors (Lipinski definition) is 4. The molecule has 0 aliphatic carbocycles. The molecular formula is C13H24N2O3. The van der Waals surface area contributed by atoms with Crippen molar-refractivity contribution in [2.24, 2.45) is 0 Å². The van der Waals surface area contributed by atoms with Crippen molar-refractivity contribution >= 4 is 11.9 Å². The highest BCUT2D eigenvalue weighted by molar-refractivity contribution is 5.83. The first-order valence-corrected chi connectivity index (χ1v) is 6.75. The lowest BCUT2D eigenvalue weighted by Crippen LogP contribution is -2.51. The van der Waals surface area contributed by atoms with Gasteiger partial charge in [-0.3, -0.25) is 14.5 Å². The van der Waals surface area contributed by atoms with Gasteiger partial charge in [0, 0.05) is 12.6 Å². The lowest BCUT2D eigenvalue weighted by Gasteiger charge is -2.32. The lowest BCUT2D eigenvalue weighted by molar-refractivity contribution is -0.146. The number of carbonyl (C=O) groups is 2. The second-order valence-electron chi connectivity index (χ2n) is 4.87. The number of esters is 1. The number of rotatable bonds is 5. The van der Waals surface area contributed by atoms with Crippen molar-refractivity contribution in [1.29, 1.82) is 0 Å². The fraction of sp³-hybridized carbons (Fsp3) is 0.846. The average molecular weight is 256 g/mol. The lowest BCUT2D eigenvalue weighted by atomic mass is 10.1. The van der Waals surface area contributed by atoms with Gasteiger partial charge in [0.2, 0.25) is 5.91 Å². The summed E-state index contributed by atoms with van der Waals surface area (Å²) >= 11 is 0. The van der Waals surface area contributed by atoms with E-state index in [1.807, 2.05) is 18.7 Å². The number of nitrogens with zero attached hydrogens (tertiary/aromatic N) is 1. The van der Waals surface area contributed by atoms with Crippen LogP contribution in [-0.2, 0) is 14.3 Å². The molecule has 1 rings (SSSR count). The minimum atomic E-state index is -0.261. The van der Waals surface area contributed by atoms with Gasteiger partial charge in [-0.05, 0) is 40.0 Å². The summed E-state index contributed by atoms with van der Waals surface area (Å²) in [7, 11) is 0. The molecule has 18 heavy (non-hydrogen) atoms. The Labute approximate surface area is 109 Å². The molecule has 1 N–H and O–H groups in total. The Morgan fingerprint density at radius 2 is 2.22 bits per heavy atom. The Morgan fingerprint density at radius 1 is 1.50 bits per heavy atom. The van der Waals surface area contributed by atoms with E-state index in [4.69, 9.17) is 4.74 Å². The van der Waals surface area contributed by atoms with Crippen LogP contribution >= 0.6 is 0 Å². The number of amides is 1. The summed E-state index contributed by atoms with van der Waals surface area (Å²) < 4.78 is 4.97. The van der Waals surface area contributed by atoms with Crippen LogP contribution in [0, 0.1) is 0 Å². The first-order valence-electron chi connectivity index (χ1n) is 6.75. The SMILES string of the molecule is CCOC(=O)CN(C(C)C)C1CCCCNC1=O. The second-order valence-corrected chi connectivity index (χ2v) is 4.87. The molecule has 0 spiro atoms. The molecule has 5 heteroatoms. The summed E-state index contributed by atoms with van der Waals surface area (Å²) in [6.45, 7) is 7.08. The first kappa shape index (κ1) is 15.0. The zero-order chi connectivity index (χ0) is 13.5. The summed E-state index contributed by atoms with van der Waals surface area (Å²) in [5.74, 6) is -0.228. The van der Waals surface area contributed by atoms with Crippen molar-refractivity contribution in [3.63, 3.8) is 0 Å². The highest BCUT2D eigenvalue weighted by Gasteiger charge is 2.30. The molecule has 1 unspecified atom stereocenters. The molecule has 0 aromatic carbocycles. The smallest absolute Gasteiger partial charge is 0.320 e. The molecule has 0 bridgehead atoms. The molecule has 0 radical (unpaired) electrons. The highest BCUT2D eigenvalue weighted by atomic mass is 16.5. The Morgan fingerprint density at radius 3 is 2.83 bits per heavy atom. The standard InChI is InChI=1S/C13H24N2O3/c1-4-18-12(16)9-15(10(2)3)11-7-5-6-8-14-13(11)17/h10-11H,4-9H2,1-3H3,(H,14,17). The summed E-state index contributed by atoms with van der Waals surface area (Å²) in [5, 5.41) is 2.90. The van der Waals surface area contributed by atoms with Gasteiger partial charge in [0.1, 0.15) is 0 Å². The normalized spacial score (nSPS) is 20.7. The Balaban J connectivity index is 2.69. The molecule has 1 aliphatic rings. The van der Waals surface area contributed by atoms with Crippen LogP contribution in [0.1, 0.15) is 40.0 Å². The van der Waals surface area contributed by atoms with Crippen LogP contribution in [0.15, 0.2) is 0 Å². The molecule has 0 aromatic rings. The van der Waals surface area contributed by atoms with Crippen molar-refractivity contribution in [1.82, 2.24) is 10.2 Å². The van der Waals surface area contributed by atoms with Crippen LogP contribution in [0.5, 0.6) is 0 Å². The van der Waals surface area contributed by atoms with Gasteiger partial charge < -0.3 is 10.1 Å². The van der Waals surface area contributed by atoms with Crippen LogP contribution in [0.3, 0.4) is 0 Å². The van der Waals surface area contributed by atoms with E-state index in [2.05, 4.69) is 5.32 Å².